The highest BCUT2D eigenvalue weighted by Gasteiger charge is 2.49. The molecule has 1 fully saturated rings. The molecule has 1 saturated heterocycles. The smallest absolute Gasteiger partial charge is 0.250 e. The summed E-state index contributed by atoms with van der Waals surface area (Å²) in [6.45, 7) is 2.30. The number of aryl methyl sites for hydroxylation is 1. The monoisotopic (exact) mass is 458 g/mol. The largest absolute Gasteiger partial charge is 0.328 e. The van der Waals surface area contributed by atoms with Crippen LogP contribution in [-0.2, 0) is 16.0 Å². The third kappa shape index (κ3) is 4.41. The Kier molecular flexibility index (Phi) is 6.45. The molecule has 2 amide bonds. The van der Waals surface area contributed by atoms with Crippen LogP contribution >= 0.6 is 46.4 Å². The van der Waals surface area contributed by atoms with Gasteiger partial charge < -0.3 is 10.2 Å². The molecular weight excluding hydrogens is 442 g/mol. The van der Waals surface area contributed by atoms with E-state index in [-0.39, 0.29) is 18.2 Å². The summed E-state index contributed by atoms with van der Waals surface area (Å²) in [6.07, 6.45) is 1.33. The summed E-state index contributed by atoms with van der Waals surface area (Å²) in [5, 5.41) is 4.66. The molecule has 0 radical (unpaired) electrons. The van der Waals surface area contributed by atoms with Gasteiger partial charge in [-0.15, -0.1) is 0 Å². The van der Waals surface area contributed by atoms with Gasteiger partial charge in [-0.05, 0) is 55.7 Å². The van der Waals surface area contributed by atoms with Crippen molar-refractivity contribution in [1.29, 1.82) is 0 Å². The van der Waals surface area contributed by atoms with E-state index in [9.17, 15) is 9.59 Å². The number of likely N-dealkylation sites (tertiary alicyclic amines) is 1. The van der Waals surface area contributed by atoms with E-state index >= 15 is 0 Å². The highest BCUT2D eigenvalue weighted by atomic mass is 35.5. The van der Waals surface area contributed by atoms with Crippen molar-refractivity contribution in [2.45, 2.75) is 31.7 Å². The lowest BCUT2D eigenvalue weighted by atomic mass is 9.85. The van der Waals surface area contributed by atoms with E-state index in [4.69, 9.17) is 46.4 Å². The van der Waals surface area contributed by atoms with Gasteiger partial charge in [0.05, 0.1) is 10.0 Å². The molecule has 1 heterocycles. The van der Waals surface area contributed by atoms with E-state index in [2.05, 4.69) is 5.32 Å². The maximum absolute atomic E-state index is 12.8. The van der Waals surface area contributed by atoms with Crippen LogP contribution in [0.3, 0.4) is 0 Å². The summed E-state index contributed by atoms with van der Waals surface area (Å²) in [5.41, 5.74) is 0.488. The predicted molar refractivity (Wildman–Crippen MR) is 115 cm³/mol. The van der Waals surface area contributed by atoms with Crippen molar-refractivity contribution in [3.05, 3.63) is 62.1 Å². The molecule has 1 unspecified atom stereocenters. The minimum atomic E-state index is -0.896. The lowest BCUT2D eigenvalue weighted by Gasteiger charge is -2.49. The van der Waals surface area contributed by atoms with Gasteiger partial charge >= 0.3 is 0 Å². The minimum absolute atomic E-state index is 0.0935. The zero-order valence-electron chi connectivity index (χ0n) is 15.1. The average Bonchev–Trinajstić information content (AvgIpc) is 2.62. The molecule has 1 aliphatic rings. The Morgan fingerprint density at radius 2 is 1.79 bits per heavy atom. The highest BCUT2D eigenvalue weighted by molar-refractivity contribution is 6.42. The quantitative estimate of drug-likeness (QED) is 0.608. The number of hydrogen-bond donors (Lipinski definition) is 1. The number of nitrogens with one attached hydrogen (secondary N) is 1. The van der Waals surface area contributed by atoms with Gasteiger partial charge in [-0.3, -0.25) is 9.59 Å². The van der Waals surface area contributed by atoms with E-state index in [1.807, 2.05) is 6.07 Å². The molecule has 0 bridgehead atoms. The molecule has 0 spiro atoms. The van der Waals surface area contributed by atoms with Gasteiger partial charge in [-0.25, -0.2) is 0 Å². The summed E-state index contributed by atoms with van der Waals surface area (Å²) in [6, 6.07) is 10.1. The number of hydrogen-bond acceptors (Lipinski definition) is 2. The van der Waals surface area contributed by atoms with Crippen molar-refractivity contribution in [3.8, 4) is 0 Å². The Balaban J connectivity index is 1.63. The lowest BCUT2D eigenvalue weighted by Crippen LogP contribution is -2.66. The first-order chi connectivity index (χ1) is 13.2. The fourth-order valence-corrected chi connectivity index (χ4v) is 3.94. The van der Waals surface area contributed by atoms with Crippen LogP contribution in [0.2, 0.25) is 20.1 Å². The van der Waals surface area contributed by atoms with E-state index in [1.165, 1.54) is 0 Å². The number of benzene rings is 2. The first-order valence-corrected chi connectivity index (χ1v) is 10.2. The predicted octanol–water partition coefficient (Wildman–Crippen LogP) is 5.86. The number of amides is 2. The number of carbonyl (C=O) groups is 2. The number of nitrogens with zero attached hydrogens (tertiary/aromatic N) is 1. The van der Waals surface area contributed by atoms with Crippen LogP contribution in [0.1, 0.15) is 25.3 Å². The molecule has 28 heavy (non-hydrogen) atoms. The molecule has 4 nitrogen and oxygen atoms in total. The molecule has 8 heteroatoms. The molecule has 1 aliphatic heterocycles. The van der Waals surface area contributed by atoms with Crippen LogP contribution in [-0.4, -0.2) is 28.8 Å². The summed E-state index contributed by atoms with van der Waals surface area (Å²) < 4.78 is 0. The van der Waals surface area contributed by atoms with Gasteiger partial charge in [-0.2, -0.15) is 0 Å². The van der Waals surface area contributed by atoms with Gasteiger partial charge in [0, 0.05) is 28.7 Å². The zero-order chi connectivity index (χ0) is 20.5. The van der Waals surface area contributed by atoms with Crippen molar-refractivity contribution in [3.63, 3.8) is 0 Å². The Hall–Kier alpha value is -1.46. The van der Waals surface area contributed by atoms with E-state index in [0.717, 1.165) is 5.56 Å². The van der Waals surface area contributed by atoms with Crippen molar-refractivity contribution < 1.29 is 9.59 Å². The third-order valence-electron chi connectivity index (χ3n) is 5.01. The van der Waals surface area contributed by atoms with Crippen molar-refractivity contribution in [2.75, 3.05) is 11.9 Å². The van der Waals surface area contributed by atoms with E-state index < -0.39 is 5.54 Å². The topological polar surface area (TPSA) is 49.4 Å². The molecule has 1 N–H and O–H groups in total. The van der Waals surface area contributed by atoms with E-state index in [1.54, 1.807) is 42.2 Å². The summed E-state index contributed by atoms with van der Waals surface area (Å²) in [7, 11) is 0. The molecular formula is C20H18Cl4N2O2. The first kappa shape index (κ1) is 21.3. The molecule has 0 saturated carbocycles. The van der Waals surface area contributed by atoms with Crippen molar-refractivity contribution >= 4 is 63.9 Å². The van der Waals surface area contributed by atoms with Gasteiger partial charge in [0.1, 0.15) is 5.54 Å². The second-order valence-corrected chi connectivity index (χ2v) is 8.55. The summed E-state index contributed by atoms with van der Waals surface area (Å²) >= 11 is 24.0. The molecule has 2 aromatic carbocycles. The molecule has 1 atom stereocenters. The van der Waals surface area contributed by atoms with Gasteiger partial charge in [0.25, 0.3) is 0 Å². The van der Waals surface area contributed by atoms with Gasteiger partial charge in [0.2, 0.25) is 11.8 Å². The fourth-order valence-electron chi connectivity index (χ4n) is 3.14. The molecule has 0 aromatic heterocycles. The second kappa shape index (κ2) is 8.50. The number of anilines is 1. The number of rotatable bonds is 5. The summed E-state index contributed by atoms with van der Waals surface area (Å²) in [5.74, 6) is -0.348. The van der Waals surface area contributed by atoms with Gasteiger partial charge in [-0.1, -0.05) is 52.5 Å². The van der Waals surface area contributed by atoms with E-state index in [0.29, 0.717) is 45.2 Å². The molecule has 0 aliphatic carbocycles. The summed E-state index contributed by atoms with van der Waals surface area (Å²) in [4.78, 5) is 27.1. The zero-order valence-corrected chi connectivity index (χ0v) is 18.1. The lowest BCUT2D eigenvalue weighted by molar-refractivity contribution is -0.154. The van der Waals surface area contributed by atoms with Crippen LogP contribution in [0, 0.1) is 0 Å². The van der Waals surface area contributed by atoms with Crippen LogP contribution < -0.4 is 5.32 Å². The average molecular weight is 460 g/mol. The Morgan fingerprint density at radius 1 is 1.04 bits per heavy atom. The Bertz CT molecular complexity index is 934. The standard InChI is InChI=1S/C20H18Cl4N2O2/c1-20(19(28)25-14-5-6-15(22)17(24)11-14)8-9-26(20)18(27)7-3-12-2-4-13(21)10-16(12)23/h2,4-6,10-11H,3,7-9H2,1H3,(H,25,28). The second-order valence-electron chi connectivity index (χ2n) is 6.89. The maximum Gasteiger partial charge on any atom is 0.250 e. The Morgan fingerprint density at radius 3 is 2.39 bits per heavy atom. The molecule has 2 aromatic rings. The van der Waals surface area contributed by atoms with Crippen molar-refractivity contribution in [1.82, 2.24) is 4.90 Å². The SMILES string of the molecule is CC1(C(=O)Nc2ccc(Cl)c(Cl)c2)CCN1C(=O)CCc1ccc(Cl)cc1Cl. The molecule has 3 rings (SSSR count). The fraction of sp³-hybridized carbons (Fsp3) is 0.300. The molecule has 148 valence electrons. The van der Waals surface area contributed by atoms with Gasteiger partial charge in [0.15, 0.2) is 0 Å². The van der Waals surface area contributed by atoms with Crippen LogP contribution in [0.5, 0.6) is 0 Å². The van der Waals surface area contributed by atoms with Crippen LogP contribution in [0.4, 0.5) is 5.69 Å². The van der Waals surface area contributed by atoms with Crippen molar-refractivity contribution in [2.24, 2.45) is 0 Å². The third-order valence-corrected chi connectivity index (χ3v) is 6.33. The van der Waals surface area contributed by atoms with Crippen LogP contribution in [0.15, 0.2) is 36.4 Å². The Labute approximate surface area is 183 Å². The normalized spacial score (nSPS) is 18.5. The minimum Gasteiger partial charge on any atom is -0.328 e. The maximum atomic E-state index is 12.8. The first-order valence-electron chi connectivity index (χ1n) is 8.71. The number of carbonyl (C=O) groups excluding carboxylic acids is 2. The number of halogens is 4. The van der Waals surface area contributed by atoms with Crippen LogP contribution in [0.25, 0.3) is 0 Å². The highest BCUT2D eigenvalue weighted by Crippen LogP contribution is 2.34.